The fourth-order valence-electron chi connectivity index (χ4n) is 1.84. The highest BCUT2D eigenvalue weighted by Crippen LogP contribution is 2.11. The average Bonchev–Trinajstić information content (AvgIpc) is 2.39. The van der Waals surface area contributed by atoms with Gasteiger partial charge in [0.25, 0.3) is 0 Å². The van der Waals surface area contributed by atoms with E-state index in [-0.39, 0.29) is 13.2 Å². The topological polar surface area (TPSA) is 29.5 Å². The van der Waals surface area contributed by atoms with Crippen LogP contribution in [0.15, 0.2) is 18.2 Å². The van der Waals surface area contributed by atoms with Gasteiger partial charge in [0.15, 0.2) is 0 Å². The standard InChI is InChI=1S/C15H22F2O2/c16-14-8-7-13(15(17)11-14)12-19-10-6-4-2-1-3-5-9-18/h7-8,11,18H,1-6,9-10,12H2. The molecule has 4 heteroatoms. The molecule has 1 N–H and O–H groups in total. The molecule has 0 saturated carbocycles. The van der Waals surface area contributed by atoms with Gasteiger partial charge in [-0.15, -0.1) is 0 Å². The molecule has 0 saturated heterocycles. The molecule has 0 unspecified atom stereocenters. The molecular weight excluding hydrogens is 250 g/mol. The summed E-state index contributed by atoms with van der Waals surface area (Å²) >= 11 is 0. The maximum atomic E-state index is 13.3. The van der Waals surface area contributed by atoms with Gasteiger partial charge >= 0.3 is 0 Å². The van der Waals surface area contributed by atoms with Crippen LogP contribution in [-0.2, 0) is 11.3 Å². The second kappa shape index (κ2) is 9.87. The number of aliphatic hydroxyl groups is 1. The molecule has 0 bridgehead atoms. The highest BCUT2D eigenvalue weighted by atomic mass is 19.1. The molecule has 0 heterocycles. The first-order valence-electron chi connectivity index (χ1n) is 6.86. The van der Waals surface area contributed by atoms with Gasteiger partial charge in [-0.25, -0.2) is 8.78 Å². The molecule has 0 radical (unpaired) electrons. The minimum absolute atomic E-state index is 0.191. The van der Waals surface area contributed by atoms with Crippen molar-refractivity contribution in [2.45, 2.75) is 45.1 Å². The van der Waals surface area contributed by atoms with E-state index in [1.807, 2.05) is 0 Å². The predicted molar refractivity (Wildman–Crippen MR) is 70.8 cm³/mol. The normalized spacial score (nSPS) is 10.9. The van der Waals surface area contributed by atoms with Gasteiger partial charge in [-0.2, -0.15) is 0 Å². The lowest BCUT2D eigenvalue weighted by Gasteiger charge is -2.05. The Bertz CT molecular complexity index is 356. The molecule has 0 atom stereocenters. The summed E-state index contributed by atoms with van der Waals surface area (Å²) in [7, 11) is 0. The number of halogens is 2. The SMILES string of the molecule is OCCCCCCCCOCc1ccc(F)cc1F. The predicted octanol–water partition coefficient (Wildman–Crippen LogP) is 3.81. The van der Waals surface area contributed by atoms with E-state index in [0.29, 0.717) is 12.2 Å². The lowest BCUT2D eigenvalue weighted by Crippen LogP contribution is -1.98. The number of rotatable bonds is 10. The van der Waals surface area contributed by atoms with Crippen molar-refractivity contribution in [3.8, 4) is 0 Å². The molecule has 19 heavy (non-hydrogen) atoms. The van der Waals surface area contributed by atoms with Crippen molar-refractivity contribution in [2.24, 2.45) is 0 Å². The third kappa shape index (κ3) is 7.23. The van der Waals surface area contributed by atoms with Crippen molar-refractivity contribution in [1.82, 2.24) is 0 Å². The Hall–Kier alpha value is -1.00. The van der Waals surface area contributed by atoms with Crippen LogP contribution in [0.3, 0.4) is 0 Å². The molecule has 0 aliphatic carbocycles. The van der Waals surface area contributed by atoms with Crippen molar-refractivity contribution < 1.29 is 18.6 Å². The summed E-state index contributed by atoms with van der Waals surface area (Å²) < 4.78 is 31.3. The molecule has 108 valence electrons. The van der Waals surface area contributed by atoms with Crippen LogP contribution in [0.25, 0.3) is 0 Å². The number of ether oxygens (including phenoxy) is 1. The highest BCUT2D eigenvalue weighted by molar-refractivity contribution is 5.17. The van der Waals surface area contributed by atoms with Gasteiger partial charge in [-0.05, 0) is 18.9 Å². The number of aliphatic hydroxyl groups excluding tert-OH is 1. The zero-order valence-corrected chi connectivity index (χ0v) is 11.2. The average molecular weight is 272 g/mol. The summed E-state index contributed by atoms with van der Waals surface area (Å²) in [6.45, 7) is 1.06. The molecule has 1 aromatic carbocycles. The number of hydrogen-bond donors (Lipinski definition) is 1. The maximum absolute atomic E-state index is 13.3. The van der Waals surface area contributed by atoms with Gasteiger partial charge < -0.3 is 9.84 Å². The molecule has 0 spiro atoms. The lowest BCUT2D eigenvalue weighted by molar-refractivity contribution is 0.114. The zero-order chi connectivity index (χ0) is 13.9. The molecule has 2 nitrogen and oxygen atoms in total. The van der Waals surface area contributed by atoms with Crippen LogP contribution in [-0.4, -0.2) is 18.3 Å². The first-order chi connectivity index (χ1) is 9.24. The van der Waals surface area contributed by atoms with Crippen molar-refractivity contribution in [3.05, 3.63) is 35.4 Å². The second-order valence-corrected chi connectivity index (χ2v) is 4.63. The minimum Gasteiger partial charge on any atom is -0.396 e. The van der Waals surface area contributed by atoms with Crippen LogP contribution in [0.1, 0.15) is 44.1 Å². The van der Waals surface area contributed by atoms with E-state index < -0.39 is 11.6 Å². The first kappa shape index (κ1) is 16.1. The molecular formula is C15H22F2O2. The van der Waals surface area contributed by atoms with Crippen LogP contribution in [0.4, 0.5) is 8.78 Å². The Balaban J connectivity index is 2.01. The molecule has 0 amide bonds. The second-order valence-electron chi connectivity index (χ2n) is 4.63. The number of benzene rings is 1. The van der Waals surface area contributed by atoms with E-state index in [0.717, 1.165) is 44.6 Å². The highest BCUT2D eigenvalue weighted by Gasteiger charge is 2.03. The van der Waals surface area contributed by atoms with Crippen LogP contribution in [0.2, 0.25) is 0 Å². The molecule has 0 aromatic heterocycles. The Kier molecular flexibility index (Phi) is 8.34. The molecule has 0 fully saturated rings. The fourth-order valence-corrected chi connectivity index (χ4v) is 1.84. The number of hydrogen-bond acceptors (Lipinski definition) is 2. The van der Waals surface area contributed by atoms with Gasteiger partial charge in [0, 0.05) is 24.8 Å². The molecule has 0 aliphatic rings. The quantitative estimate of drug-likeness (QED) is 0.656. The van der Waals surface area contributed by atoms with Crippen LogP contribution in [0.5, 0.6) is 0 Å². The summed E-state index contributed by atoms with van der Waals surface area (Å²) in [5.41, 5.74) is 0.393. The Morgan fingerprint density at radius 1 is 0.947 bits per heavy atom. The van der Waals surface area contributed by atoms with Crippen molar-refractivity contribution in [1.29, 1.82) is 0 Å². The molecule has 1 rings (SSSR count). The third-order valence-corrected chi connectivity index (χ3v) is 2.97. The number of unbranched alkanes of at least 4 members (excludes halogenated alkanes) is 5. The van der Waals surface area contributed by atoms with Gasteiger partial charge in [0.2, 0.25) is 0 Å². The largest absolute Gasteiger partial charge is 0.396 e. The third-order valence-electron chi connectivity index (χ3n) is 2.97. The van der Waals surface area contributed by atoms with Gasteiger partial charge in [-0.1, -0.05) is 31.7 Å². The van der Waals surface area contributed by atoms with Gasteiger partial charge in [0.05, 0.1) is 6.61 Å². The maximum Gasteiger partial charge on any atom is 0.131 e. The van der Waals surface area contributed by atoms with Crippen LogP contribution in [0, 0.1) is 11.6 Å². The zero-order valence-electron chi connectivity index (χ0n) is 11.2. The van der Waals surface area contributed by atoms with Crippen LogP contribution >= 0.6 is 0 Å². The van der Waals surface area contributed by atoms with E-state index >= 15 is 0 Å². The summed E-state index contributed by atoms with van der Waals surface area (Å²) in [6.07, 6.45) is 6.24. The smallest absolute Gasteiger partial charge is 0.131 e. The Labute approximate surface area is 113 Å². The van der Waals surface area contributed by atoms with Gasteiger partial charge in [-0.3, -0.25) is 0 Å². The first-order valence-corrected chi connectivity index (χ1v) is 6.86. The molecule has 0 aliphatic heterocycles. The van der Waals surface area contributed by atoms with Crippen molar-refractivity contribution in [2.75, 3.05) is 13.2 Å². The monoisotopic (exact) mass is 272 g/mol. The van der Waals surface area contributed by atoms with Crippen molar-refractivity contribution in [3.63, 3.8) is 0 Å². The van der Waals surface area contributed by atoms with Crippen LogP contribution < -0.4 is 0 Å². The minimum atomic E-state index is -0.566. The molecule has 1 aromatic rings. The summed E-state index contributed by atoms with van der Waals surface area (Å²) in [6, 6.07) is 3.53. The fraction of sp³-hybridized carbons (Fsp3) is 0.600. The summed E-state index contributed by atoms with van der Waals surface area (Å²) in [5.74, 6) is -1.12. The summed E-state index contributed by atoms with van der Waals surface area (Å²) in [5, 5.41) is 8.61. The van der Waals surface area contributed by atoms with E-state index in [9.17, 15) is 8.78 Å². The Morgan fingerprint density at radius 3 is 2.32 bits per heavy atom. The van der Waals surface area contributed by atoms with Crippen molar-refractivity contribution >= 4 is 0 Å². The van der Waals surface area contributed by atoms with Gasteiger partial charge in [0.1, 0.15) is 11.6 Å². The van der Waals surface area contributed by atoms with E-state index in [2.05, 4.69) is 0 Å². The van der Waals surface area contributed by atoms with E-state index in [1.54, 1.807) is 0 Å². The van der Waals surface area contributed by atoms with E-state index in [4.69, 9.17) is 9.84 Å². The Morgan fingerprint density at radius 2 is 1.63 bits per heavy atom. The lowest BCUT2D eigenvalue weighted by atomic mass is 10.1. The summed E-state index contributed by atoms with van der Waals surface area (Å²) in [4.78, 5) is 0. The van der Waals surface area contributed by atoms with E-state index in [1.165, 1.54) is 12.1 Å².